The summed E-state index contributed by atoms with van der Waals surface area (Å²) in [5.74, 6) is 2.20. The average molecular weight is 528 g/mol. The molecule has 0 spiro atoms. The van der Waals surface area contributed by atoms with Gasteiger partial charge in [0.1, 0.15) is 18.5 Å². The Balaban J connectivity index is 0.00000450. The van der Waals surface area contributed by atoms with Gasteiger partial charge >= 0.3 is 0 Å². The van der Waals surface area contributed by atoms with Crippen molar-refractivity contribution in [2.45, 2.75) is 33.4 Å². The highest BCUT2D eigenvalue weighted by Gasteiger charge is 2.06. The van der Waals surface area contributed by atoms with E-state index in [2.05, 4.69) is 33.6 Å². The summed E-state index contributed by atoms with van der Waals surface area (Å²) >= 11 is 0. The lowest BCUT2D eigenvalue weighted by Crippen LogP contribution is -2.41. The number of guanidine groups is 1. The van der Waals surface area contributed by atoms with Gasteiger partial charge in [-0.15, -0.1) is 24.0 Å². The number of pyridine rings is 1. The van der Waals surface area contributed by atoms with Crippen LogP contribution >= 0.6 is 24.0 Å². The molecule has 0 aliphatic carbocycles. The lowest BCUT2D eigenvalue weighted by atomic mass is 10.2. The number of ether oxygens (including phenoxy) is 3. The molecule has 0 saturated heterocycles. The van der Waals surface area contributed by atoms with Crippen molar-refractivity contribution < 1.29 is 14.2 Å². The van der Waals surface area contributed by atoms with Crippen LogP contribution in [0, 0.1) is 6.92 Å². The highest BCUT2D eigenvalue weighted by atomic mass is 127. The molecule has 0 saturated carbocycles. The van der Waals surface area contributed by atoms with Crippen LogP contribution in [-0.4, -0.2) is 50.5 Å². The quantitative estimate of drug-likeness (QED) is 0.201. The van der Waals surface area contributed by atoms with Gasteiger partial charge in [-0.2, -0.15) is 0 Å². The van der Waals surface area contributed by atoms with Gasteiger partial charge in [-0.1, -0.05) is 18.2 Å². The summed E-state index contributed by atoms with van der Waals surface area (Å²) in [7, 11) is 1.64. The number of nitrogens with one attached hydrogen (secondary N) is 2. The number of aromatic nitrogens is 1. The monoisotopic (exact) mass is 528 g/mol. The van der Waals surface area contributed by atoms with Gasteiger partial charge in [-0.25, -0.2) is 9.98 Å². The predicted octanol–water partition coefficient (Wildman–Crippen LogP) is 3.56. The minimum absolute atomic E-state index is 0. The molecular weight excluding hydrogens is 495 g/mol. The molecule has 0 fully saturated rings. The topological polar surface area (TPSA) is 77.0 Å². The Morgan fingerprint density at radius 3 is 2.67 bits per heavy atom. The molecular formula is C22H33IN4O3. The maximum atomic E-state index is 5.96. The molecule has 30 heavy (non-hydrogen) atoms. The van der Waals surface area contributed by atoms with E-state index < -0.39 is 0 Å². The fraction of sp³-hybridized carbons (Fsp3) is 0.455. The Kier molecular flexibility index (Phi) is 12.8. The molecule has 1 unspecified atom stereocenters. The summed E-state index contributed by atoms with van der Waals surface area (Å²) in [4.78, 5) is 8.91. The molecule has 0 aliphatic rings. The Labute approximate surface area is 196 Å². The molecule has 0 radical (unpaired) electrons. The summed E-state index contributed by atoms with van der Waals surface area (Å²) < 4.78 is 16.4. The molecule has 1 atom stereocenters. The zero-order valence-corrected chi connectivity index (χ0v) is 20.5. The summed E-state index contributed by atoms with van der Waals surface area (Å²) in [6.45, 7) is 9.10. The van der Waals surface area contributed by atoms with Gasteiger partial charge in [0.05, 0.1) is 19.7 Å². The van der Waals surface area contributed by atoms with Gasteiger partial charge < -0.3 is 24.8 Å². The van der Waals surface area contributed by atoms with E-state index in [-0.39, 0.29) is 30.1 Å². The van der Waals surface area contributed by atoms with Crippen LogP contribution < -0.4 is 20.1 Å². The minimum atomic E-state index is 0. The van der Waals surface area contributed by atoms with Crippen molar-refractivity contribution in [1.82, 2.24) is 15.6 Å². The predicted molar refractivity (Wildman–Crippen MR) is 131 cm³/mol. The van der Waals surface area contributed by atoms with E-state index in [1.54, 1.807) is 13.3 Å². The molecule has 1 aromatic carbocycles. The largest absolute Gasteiger partial charge is 0.489 e. The third-order valence-electron chi connectivity index (χ3n) is 3.98. The molecule has 7 nitrogen and oxygen atoms in total. The SMILES string of the molecule is CCNC(=NCc1ccc(OCCOC)nc1)NCC(C)Oc1cccc(C)c1.I. The van der Waals surface area contributed by atoms with Crippen LogP contribution in [-0.2, 0) is 11.3 Å². The van der Waals surface area contributed by atoms with Crippen LogP contribution in [0.15, 0.2) is 47.6 Å². The van der Waals surface area contributed by atoms with E-state index in [9.17, 15) is 0 Å². The number of rotatable bonds is 11. The van der Waals surface area contributed by atoms with Crippen molar-refractivity contribution in [3.05, 3.63) is 53.7 Å². The smallest absolute Gasteiger partial charge is 0.213 e. The van der Waals surface area contributed by atoms with E-state index in [0.29, 0.717) is 32.2 Å². The fourth-order valence-corrected chi connectivity index (χ4v) is 2.53. The van der Waals surface area contributed by atoms with Crippen molar-refractivity contribution in [3.8, 4) is 11.6 Å². The minimum Gasteiger partial charge on any atom is -0.489 e. The number of benzene rings is 1. The Bertz CT molecular complexity index is 756. The van der Waals surface area contributed by atoms with Crippen molar-refractivity contribution in [3.63, 3.8) is 0 Å². The van der Waals surface area contributed by atoms with Crippen molar-refractivity contribution >= 4 is 29.9 Å². The second kappa shape index (κ2) is 14.8. The normalized spacial score (nSPS) is 11.9. The zero-order valence-electron chi connectivity index (χ0n) is 18.2. The van der Waals surface area contributed by atoms with Gasteiger partial charge in [0, 0.05) is 25.9 Å². The van der Waals surface area contributed by atoms with Gasteiger partial charge in [0.15, 0.2) is 5.96 Å². The summed E-state index contributed by atoms with van der Waals surface area (Å²) in [5, 5.41) is 6.58. The highest BCUT2D eigenvalue weighted by molar-refractivity contribution is 14.0. The summed E-state index contributed by atoms with van der Waals surface area (Å²) in [6.07, 6.45) is 1.78. The summed E-state index contributed by atoms with van der Waals surface area (Å²) in [5.41, 5.74) is 2.19. The van der Waals surface area contributed by atoms with Crippen molar-refractivity contribution in [1.29, 1.82) is 0 Å². The summed E-state index contributed by atoms with van der Waals surface area (Å²) in [6, 6.07) is 11.9. The van der Waals surface area contributed by atoms with Crippen LogP contribution in [0.4, 0.5) is 0 Å². The van der Waals surface area contributed by atoms with Gasteiger partial charge in [0.25, 0.3) is 0 Å². The maximum Gasteiger partial charge on any atom is 0.213 e. The number of hydrogen-bond donors (Lipinski definition) is 2. The van der Waals surface area contributed by atoms with Crippen LogP contribution in [0.1, 0.15) is 25.0 Å². The molecule has 166 valence electrons. The van der Waals surface area contributed by atoms with Gasteiger partial charge in [0.2, 0.25) is 5.88 Å². The Hall–Kier alpha value is -2.07. The molecule has 8 heteroatoms. The van der Waals surface area contributed by atoms with Crippen LogP contribution in [0.3, 0.4) is 0 Å². The number of methoxy groups -OCH3 is 1. The van der Waals surface area contributed by atoms with E-state index in [0.717, 1.165) is 23.8 Å². The molecule has 2 rings (SSSR count). The van der Waals surface area contributed by atoms with Crippen LogP contribution in [0.5, 0.6) is 11.6 Å². The fourth-order valence-electron chi connectivity index (χ4n) is 2.53. The molecule has 0 aliphatic heterocycles. The second-order valence-corrected chi connectivity index (χ2v) is 6.67. The molecule has 2 N–H and O–H groups in total. The number of nitrogens with zero attached hydrogens (tertiary/aromatic N) is 2. The Morgan fingerprint density at radius 1 is 1.17 bits per heavy atom. The number of aliphatic imine (C=N–C) groups is 1. The number of aryl methyl sites for hydroxylation is 1. The first-order valence-electron chi connectivity index (χ1n) is 9.93. The van der Waals surface area contributed by atoms with Crippen molar-refractivity contribution in [2.75, 3.05) is 33.4 Å². The highest BCUT2D eigenvalue weighted by Crippen LogP contribution is 2.14. The van der Waals surface area contributed by atoms with E-state index in [4.69, 9.17) is 14.2 Å². The molecule has 2 aromatic rings. The third kappa shape index (κ3) is 10.1. The maximum absolute atomic E-state index is 5.96. The van der Waals surface area contributed by atoms with E-state index in [1.165, 1.54) is 5.56 Å². The first-order valence-corrected chi connectivity index (χ1v) is 9.93. The standard InChI is InChI=1S/C22H32N4O3.HI/c1-5-23-22(25-14-18(3)29-20-8-6-7-17(2)13-20)26-16-19-9-10-21(24-15-19)28-12-11-27-4;/h6-10,13,15,18H,5,11-12,14,16H2,1-4H3,(H2,23,25,26);1H. The van der Waals surface area contributed by atoms with E-state index >= 15 is 0 Å². The first-order chi connectivity index (χ1) is 14.1. The Morgan fingerprint density at radius 2 is 2.00 bits per heavy atom. The molecule has 0 amide bonds. The molecule has 1 aromatic heterocycles. The number of hydrogen-bond acceptors (Lipinski definition) is 5. The average Bonchev–Trinajstić information content (AvgIpc) is 2.71. The third-order valence-corrected chi connectivity index (χ3v) is 3.98. The lowest BCUT2D eigenvalue weighted by molar-refractivity contribution is 0.143. The zero-order chi connectivity index (χ0) is 20.9. The van der Waals surface area contributed by atoms with E-state index in [1.807, 2.05) is 44.2 Å². The van der Waals surface area contributed by atoms with Crippen molar-refractivity contribution in [2.24, 2.45) is 4.99 Å². The van der Waals surface area contributed by atoms with Crippen LogP contribution in [0.2, 0.25) is 0 Å². The molecule has 0 bridgehead atoms. The first kappa shape index (κ1) is 26.0. The molecule has 1 heterocycles. The number of halogens is 1. The lowest BCUT2D eigenvalue weighted by Gasteiger charge is -2.18. The van der Waals surface area contributed by atoms with Gasteiger partial charge in [-0.05, 0) is 44.0 Å². The second-order valence-electron chi connectivity index (χ2n) is 6.67. The van der Waals surface area contributed by atoms with Crippen LogP contribution in [0.25, 0.3) is 0 Å². The van der Waals surface area contributed by atoms with Gasteiger partial charge in [-0.3, -0.25) is 0 Å².